The van der Waals surface area contributed by atoms with Crippen molar-refractivity contribution in [3.63, 3.8) is 0 Å². The minimum Gasteiger partial charge on any atom is -0.490 e. The van der Waals surface area contributed by atoms with Crippen LogP contribution in [0.3, 0.4) is 0 Å². The second-order valence-corrected chi connectivity index (χ2v) is 10.2. The van der Waals surface area contributed by atoms with E-state index < -0.39 is 21.9 Å². The van der Waals surface area contributed by atoms with E-state index in [1.807, 2.05) is 19.1 Å². The molecule has 3 rings (SSSR count). The Labute approximate surface area is 201 Å². The Morgan fingerprint density at radius 2 is 2.15 bits per heavy atom. The number of anilines is 1. The van der Waals surface area contributed by atoms with Gasteiger partial charge in [0.15, 0.2) is 0 Å². The number of benzene rings is 2. The molecule has 1 amide bonds. The van der Waals surface area contributed by atoms with E-state index in [0.717, 1.165) is 30.3 Å². The Morgan fingerprint density at radius 3 is 2.85 bits per heavy atom. The summed E-state index contributed by atoms with van der Waals surface area (Å²) >= 11 is 6.12. The highest BCUT2D eigenvalue weighted by molar-refractivity contribution is 7.75. The Morgan fingerprint density at radius 1 is 1.36 bits per heavy atom. The third-order valence-electron chi connectivity index (χ3n) is 5.88. The summed E-state index contributed by atoms with van der Waals surface area (Å²) in [5.74, 6) is 0.250. The number of aryl methyl sites for hydroxylation is 1. The number of carbonyl (C=O) groups excluding carboxylic acids is 2. The molecule has 2 N–H and O–H groups in total. The number of hydrogen-bond donors (Lipinski definition) is 2. The SMILES string of the molecule is C=CC[C@H](C)C/[SH](=O)=N/C(=O)c1ccc(OC[C@@]2(C=O)CCCc3cc(Cl)ccc32)c(N)c1. The van der Waals surface area contributed by atoms with Crippen molar-refractivity contribution < 1.29 is 18.5 Å². The van der Waals surface area contributed by atoms with Crippen LogP contribution >= 0.6 is 11.6 Å². The fourth-order valence-electron chi connectivity index (χ4n) is 4.14. The zero-order chi connectivity index (χ0) is 24.0. The number of amides is 1. The number of halogens is 1. The number of carbonyl (C=O) groups is 2. The Hall–Kier alpha value is -2.64. The normalized spacial score (nSPS) is 19.3. The molecule has 0 aliphatic heterocycles. The van der Waals surface area contributed by atoms with E-state index in [1.165, 1.54) is 12.1 Å². The third-order valence-corrected chi connectivity index (χ3v) is 7.46. The van der Waals surface area contributed by atoms with Gasteiger partial charge in [-0.1, -0.05) is 30.7 Å². The van der Waals surface area contributed by atoms with Crippen LogP contribution in [0.25, 0.3) is 0 Å². The predicted molar refractivity (Wildman–Crippen MR) is 134 cm³/mol. The molecule has 2 aromatic rings. The third kappa shape index (κ3) is 6.03. The molecule has 2 aromatic carbocycles. The molecule has 0 saturated carbocycles. The quantitative estimate of drug-likeness (QED) is 0.229. The molecule has 0 spiro atoms. The lowest BCUT2D eigenvalue weighted by atomic mass is 9.71. The van der Waals surface area contributed by atoms with E-state index >= 15 is 0 Å². The molecule has 6 nitrogen and oxygen atoms in total. The molecule has 0 heterocycles. The lowest BCUT2D eigenvalue weighted by Crippen LogP contribution is -2.38. The summed E-state index contributed by atoms with van der Waals surface area (Å²) in [6, 6.07) is 10.1. The number of thiol groups is 1. The lowest BCUT2D eigenvalue weighted by molar-refractivity contribution is -0.114. The highest BCUT2D eigenvalue weighted by Gasteiger charge is 2.37. The standard InChI is InChI=1S/C25H29ClN2O4S/c1-3-5-17(2)14-33(31)28-24(30)19-7-10-23(22(27)13-19)32-16-25(15-29)11-4-6-18-12-20(26)8-9-21(18)25/h3,7-10,12-13,15,17,33H,1,4-6,11,14,16,27H2,2H3/t17-,25-/m0/s1. The van der Waals surface area contributed by atoms with Gasteiger partial charge in [-0.25, -0.2) is 0 Å². The predicted octanol–water partition coefficient (Wildman–Crippen LogP) is 4.79. The van der Waals surface area contributed by atoms with Gasteiger partial charge in [-0.05, 0) is 73.1 Å². The van der Waals surface area contributed by atoms with Gasteiger partial charge < -0.3 is 15.3 Å². The molecule has 33 heavy (non-hydrogen) atoms. The van der Waals surface area contributed by atoms with Crippen molar-refractivity contribution >= 4 is 40.1 Å². The highest BCUT2D eigenvalue weighted by atomic mass is 35.5. The number of fused-ring (bicyclic) bond motifs is 1. The smallest absolute Gasteiger partial charge is 0.284 e. The maximum Gasteiger partial charge on any atom is 0.284 e. The van der Waals surface area contributed by atoms with Crippen LogP contribution in [0, 0.1) is 5.92 Å². The Kier molecular flexibility index (Phi) is 8.32. The van der Waals surface area contributed by atoms with Gasteiger partial charge in [-0.2, -0.15) is 4.36 Å². The maximum atomic E-state index is 12.4. The van der Waals surface area contributed by atoms with Crippen molar-refractivity contribution in [1.82, 2.24) is 0 Å². The second kappa shape index (κ2) is 11.0. The number of allylic oxidation sites excluding steroid dienone is 1. The van der Waals surface area contributed by atoms with E-state index in [0.29, 0.717) is 29.4 Å². The molecule has 0 fully saturated rings. The molecule has 1 unspecified atom stereocenters. The van der Waals surface area contributed by atoms with Gasteiger partial charge in [0.1, 0.15) is 18.6 Å². The Bertz CT molecular complexity index is 1140. The van der Waals surface area contributed by atoms with E-state index in [2.05, 4.69) is 10.9 Å². The molecular weight excluding hydrogens is 460 g/mol. The first kappa shape index (κ1) is 25.0. The second-order valence-electron chi connectivity index (χ2n) is 8.54. The summed E-state index contributed by atoms with van der Waals surface area (Å²) in [4.78, 5) is 24.6. The summed E-state index contributed by atoms with van der Waals surface area (Å²) in [6.07, 6.45) is 5.79. The zero-order valence-corrected chi connectivity index (χ0v) is 20.3. The van der Waals surface area contributed by atoms with Crippen LogP contribution in [0.2, 0.25) is 5.02 Å². The fourth-order valence-corrected chi connectivity index (χ4v) is 5.41. The van der Waals surface area contributed by atoms with Gasteiger partial charge in [0, 0.05) is 26.9 Å². The van der Waals surface area contributed by atoms with Crippen LogP contribution < -0.4 is 10.5 Å². The van der Waals surface area contributed by atoms with Gasteiger partial charge in [0.05, 0.1) is 11.1 Å². The monoisotopic (exact) mass is 488 g/mol. The fraction of sp³-hybridized carbons (Fsp3) is 0.360. The molecule has 8 heteroatoms. The summed E-state index contributed by atoms with van der Waals surface area (Å²) in [5, 5.41) is 0.642. The number of nitrogens with zero attached hydrogens (tertiary/aromatic N) is 1. The molecular formula is C25H29ClN2O4S. The van der Waals surface area contributed by atoms with Crippen molar-refractivity contribution in [1.29, 1.82) is 0 Å². The number of nitrogens with two attached hydrogens (primary N) is 1. The van der Waals surface area contributed by atoms with E-state index in [4.69, 9.17) is 22.1 Å². The Balaban J connectivity index is 1.74. The first-order valence-electron chi connectivity index (χ1n) is 10.9. The highest BCUT2D eigenvalue weighted by Crippen LogP contribution is 2.38. The van der Waals surface area contributed by atoms with Crippen molar-refractivity contribution in [3.8, 4) is 5.75 Å². The minimum atomic E-state index is -2.01. The van der Waals surface area contributed by atoms with Crippen LogP contribution in [-0.2, 0) is 27.2 Å². The summed E-state index contributed by atoms with van der Waals surface area (Å²) in [6.45, 7) is 5.72. The van der Waals surface area contributed by atoms with E-state index in [-0.39, 0.29) is 23.8 Å². The number of nitrogen functional groups attached to an aromatic ring is 1. The van der Waals surface area contributed by atoms with Crippen LogP contribution in [0.4, 0.5) is 5.69 Å². The average Bonchev–Trinajstić information content (AvgIpc) is 2.77. The van der Waals surface area contributed by atoms with Gasteiger partial charge >= 0.3 is 0 Å². The van der Waals surface area contributed by atoms with Crippen molar-refractivity contribution in [2.75, 3.05) is 18.1 Å². The van der Waals surface area contributed by atoms with E-state index in [1.54, 1.807) is 18.2 Å². The number of hydrogen-bond acceptors (Lipinski definition) is 5. The first-order valence-corrected chi connectivity index (χ1v) is 12.6. The summed E-state index contributed by atoms with van der Waals surface area (Å²) < 4.78 is 21.9. The molecule has 1 aliphatic rings. The van der Waals surface area contributed by atoms with Gasteiger partial charge in [-0.3, -0.25) is 9.00 Å². The molecule has 0 saturated heterocycles. The van der Waals surface area contributed by atoms with Crippen LogP contribution in [-0.4, -0.2) is 28.8 Å². The van der Waals surface area contributed by atoms with Crippen LogP contribution in [0.1, 0.15) is 47.7 Å². The molecule has 1 aliphatic carbocycles. The lowest BCUT2D eigenvalue weighted by Gasteiger charge is -2.34. The van der Waals surface area contributed by atoms with Gasteiger partial charge in [0.2, 0.25) is 0 Å². The molecule has 3 atom stereocenters. The zero-order valence-electron chi connectivity index (χ0n) is 18.6. The molecule has 0 bridgehead atoms. The summed E-state index contributed by atoms with van der Waals surface area (Å²) in [7, 11) is -2.01. The molecule has 0 aromatic heterocycles. The molecule has 176 valence electrons. The van der Waals surface area contributed by atoms with Gasteiger partial charge in [0.25, 0.3) is 5.91 Å². The first-order chi connectivity index (χ1) is 15.8. The van der Waals surface area contributed by atoms with Crippen molar-refractivity contribution in [2.45, 2.75) is 38.0 Å². The van der Waals surface area contributed by atoms with Crippen molar-refractivity contribution in [3.05, 3.63) is 70.8 Å². The van der Waals surface area contributed by atoms with E-state index in [9.17, 15) is 13.8 Å². The van der Waals surface area contributed by atoms with Crippen LogP contribution in [0.15, 0.2) is 53.4 Å². The topological polar surface area (TPSA) is 98.8 Å². The minimum absolute atomic E-state index is 0.125. The van der Waals surface area contributed by atoms with Crippen molar-refractivity contribution in [2.24, 2.45) is 10.3 Å². The molecule has 0 radical (unpaired) electrons. The number of ether oxygens (including phenoxy) is 1. The summed E-state index contributed by atoms with van der Waals surface area (Å²) in [5.41, 5.74) is 7.80. The van der Waals surface area contributed by atoms with Crippen LogP contribution in [0.5, 0.6) is 5.75 Å². The maximum absolute atomic E-state index is 12.4. The average molecular weight is 489 g/mol. The van der Waals surface area contributed by atoms with Gasteiger partial charge in [-0.15, -0.1) is 6.58 Å². The largest absolute Gasteiger partial charge is 0.490 e. The number of aldehydes is 1. The number of rotatable bonds is 9.